The Labute approximate surface area is 134 Å². The Morgan fingerprint density at radius 3 is 2.83 bits per heavy atom. The van der Waals surface area contributed by atoms with E-state index in [4.69, 9.17) is 4.74 Å². The highest BCUT2D eigenvalue weighted by Crippen LogP contribution is 2.56. The smallest absolute Gasteiger partial charge is 0.123 e. The van der Waals surface area contributed by atoms with Crippen LogP contribution in [0.2, 0.25) is 0 Å². The van der Waals surface area contributed by atoms with E-state index >= 15 is 0 Å². The lowest BCUT2D eigenvalue weighted by Gasteiger charge is -2.35. The molecule has 5 rings (SSSR count). The van der Waals surface area contributed by atoms with Crippen LogP contribution < -0.4 is 0 Å². The minimum Gasteiger partial charge on any atom is -0.373 e. The number of nitrogens with zero attached hydrogens (tertiary/aromatic N) is 2. The van der Waals surface area contributed by atoms with E-state index in [1.807, 2.05) is 10.9 Å². The van der Waals surface area contributed by atoms with E-state index < -0.39 is 0 Å². The van der Waals surface area contributed by atoms with Crippen molar-refractivity contribution in [1.29, 1.82) is 0 Å². The van der Waals surface area contributed by atoms with E-state index in [2.05, 4.69) is 18.1 Å². The van der Waals surface area contributed by atoms with Crippen molar-refractivity contribution >= 4 is 6.08 Å². The Bertz CT molecular complexity index is 803. The van der Waals surface area contributed by atoms with E-state index in [1.165, 1.54) is 29.7 Å². The summed E-state index contributed by atoms with van der Waals surface area (Å²) in [5.41, 5.74) is 5.09. The summed E-state index contributed by atoms with van der Waals surface area (Å²) in [5.74, 6) is 0.417. The van der Waals surface area contributed by atoms with Crippen LogP contribution in [0.15, 0.2) is 36.0 Å². The van der Waals surface area contributed by atoms with Crippen molar-refractivity contribution in [3.05, 3.63) is 53.1 Å². The molecule has 1 saturated heterocycles. The summed E-state index contributed by atoms with van der Waals surface area (Å²) in [5, 5.41) is 4.56. The number of halogens is 1. The normalized spacial score (nSPS) is 31.5. The van der Waals surface area contributed by atoms with Gasteiger partial charge in [0.05, 0.1) is 30.3 Å². The standard InChI is InChI=1S/C19H19FN2O/c1-19-9-12-10-21-22(15-5-3-14(20)4-6-15)17(12)8-13(19)2-7-16(19)18-11-23-18/h3-6,8,10,16,18H,2,7,9,11H2,1H3/t16?,18?,19-/m0/s1. The highest BCUT2D eigenvalue weighted by Gasteiger charge is 2.52. The molecule has 1 aromatic carbocycles. The predicted octanol–water partition coefficient (Wildman–Crippen LogP) is 3.77. The Morgan fingerprint density at radius 2 is 2.09 bits per heavy atom. The third-order valence-electron chi connectivity index (χ3n) is 5.91. The van der Waals surface area contributed by atoms with Crippen LogP contribution in [0.1, 0.15) is 31.0 Å². The van der Waals surface area contributed by atoms with Crippen LogP contribution in [0.4, 0.5) is 4.39 Å². The van der Waals surface area contributed by atoms with Gasteiger partial charge in [-0.1, -0.05) is 12.5 Å². The van der Waals surface area contributed by atoms with Gasteiger partial charge in [-0.15, -0.1) is 0 Å². The number of epoxide rings is 1. The molecule has 118 valence electrons. The van der Waals surface area contributed by atoms with Gasteiger partial charge >= 0.3 is 0 Å². The second-order valence-corrected chi connectivity index (χ2v) is 7.22. The lowest BCUT2D eigenvalue weighted by atomic mass is 9.69. The minimum atomic E-state index is -0.219. The van der Waals surface area contributed by atoms with Crippen LogP contribution >= 0.6 is 0 Å². The maximum absolute atomic E-state index is 13.2. The van der Waals surface area contributed by atoms with Crippen molar-refractivity contribution < 1.29 is 9.13 Å². The molecule has 4 heteroatoms. The molecule has 3 nitrogen and oxygen atoms in total. The number of hydrogen-bond donors (Lipinski definition) is 0. The Hall–Kier alpha value is -1.94. The average Bonchev–Trinajstić information content (AvgIpc) is 3.21. The Morgan fingerprint density at radius 1 is 1.30 bits per heavy atom. The fraction of sp³-hybridized carbons (Fsp3) is 0.421. The fourth-order valence-electron chi connectivity index (χ4n) is 4.55. The summed E-state index contributed by atoms with van der Waals surface area (Å²) < 4.78 is 20.7. The van der Waals surface area contributed by atoms with Gasteiger partial charge in [-0.25, -0.2) is 9.07 Å². The van der Waals surface area contributed by atoms with Crippen LogP contribution in [0.5, 0.6) is 0 Å². The number of ether oxygens (including phenoxy) is 1. The first kappa shape index (κ1) is 13.5. The van der Waals surface area contributed by atoms with Gasteiger partial charge in [-0.05, 0) is 66.5 Å². The SMILES string of the molecule is C[C@]12Cc3cnn(-c4ccc(F)cc4)c3C=C1CCC2C1CO1. The largest absolute Gasteiger partial charge is 0.373 e. The zero-order valence-electron chi connectivity index (χ0n) is 13.1. The van der Waals surface area contributed by atoms with Gasteiger partial charge in [0.25, 0.3) is 0 Å². The predicted molar refractivity (Wildman–Crippen MR) is 85.8 cm³/mol. The molecule has 0 N–H and O–H groups in total. The monoisotopic (exact) mass is 310 g/mol. The van der Waals surface area contributed by atoms with E-state index in [1.54, 1.807) is 12.1 Å². The third-order valence-corrected chi connectivity index (χ3v) is 5.91. The highest BCUT2D eigenvalue weighted by molar-refractivity contribution is 5.62. The molecule has 2 unspecified atom stereocenters. The van der Waals surface area contributed by atoms with Crippen molar-refractivity contribution in [3.63, 3.8) is 0 Å². The van der Waals surface area contributed by atoms with Gasteiger partial charge < -0.3 is 4.74 Å². The molecule has 2 fully saturated rings. The maximum atomic E-state index is 13.2. The van der Waals surface area contributed by atoms with Gasteiger partial charge in [-0.2, -0.15) is 5.10 Å². The summed E-state index contributed by atoms with van der Waals surface area (Å²) in [7, 11) is 0. The quantitative estimate of drug-likeness (QED) is 0.791. The molecule has 1 aliphatic heterocycles. The molecule has 0 bridgehead atoms. The van der Waals surface area contributed by atoms with E-state index in [9.17, 15) is 4.39 Å². The zero-order valence-corrected chi connectivity index (χ0v) is 13.1. The molecular weight excluding hydrogens is 291 g/mol. The summed E-state index contributed by atoms with van der Waals surface area (Å²) >= 11 is 0. The van der Waals surface area contributed by atoms with Gasteiger partial charge in [0.2, 0.25) is 0 Å². The summed E-state index contributed by atoms with van der Waals surface area (Å²) in [6.07, 6.45) is 8.15. The van der Waals surface area contributed by atoms with Gasteiger partial charge in [-0.3, -0.25) is 0 Å². The molecule has 0 spiro atoms. The van der Waals surface area contributed by atoms with Crippen molar-refractivity contribution in [3.8, 4) is 5.69 Å². The first-order valence-electron chi connectivity index (χ1n) is 8.31. The first-order valence-corrected chi connectivity index (χ1v) is 8.31. The number of fused-ring (bicyclic) bond motifs is 2. The summed E-state index contributed by atoms with van der Waals surface area (Å²) in [4.78, 5) is 0. The molecule has 3 aliphatic rings. The Kier molecular flexibility index (Phi) is 2.66. The second kappa shape index (κ2) is 4.54. The number of aromatic nitrogens is 2. The fourth-order valence-corrected chi connectivity index (χ4v) is 4.55. The Balaban J connectivity index is 1.57. The molecule has 1 aromatic heterocycles. The number of benzene rings is 1. The number of hydrogen-bond acceptors (Lipinski definition) is 2. The van der Waals surface area contributed by atoms with Crippen molar-refractivity contribution in [1.82, 2.24) is 9.78 Å². The molecule has 23 heavy (non-hydrogen) atoms. The summed E-state index contributed by atoms with van der Waals surface area (Å²) in [6.45, 7) is 3.31. The first-order chi connectivity index (χ1) is 11.1. The van der Waals surface area contributed by atoms with Crippen LogP contribution in [-0.2, 0) is 11.2 Å². The van der Waals surface area contributed by atoms with Crippen molar-refractivity contribution in [2.24, 2.45) is 11.3 Å². The van der Waals surface area contributed by atoms with E-state index in [0.29, 0.717) is 12.0 Å². The lowest BCUT2D eigenvalue weighted by Crippen LogP contribution is -2.31. The van der Waals surface area contributed by atoms with Gasteiger partial charge in [0.1, 0.15) is 5.82 Å². The van der Waals surface area contributed by atoms with Crippen LogP contribution in [0.25, 0.3) is 11.8 Å². The van der Waals surface area contributed by atoms with E-state index in [-0.39, 0.29) is 11.2 Å². The average molecular weight is 310 g/mol. The molecular formula is C19H19FN2O. The minimum absolute atomic E-state index is 0.213. The van der Waals surface area contributed by atoms with E-state index in [0.717, 1.165) is 30.8 Å². The van der Waals surface area contributed by atoms with Gasteiger partial charge in [0, 0.05) is 0 Å². The number of allylic oxidation sites excluding steroid dienone is 1. The molecule has 0 amide bonds. The third kappa shape index (κ3) is 1.94. The second-order valence-electron chi connectivity index (χ2n) is 7.22. The number of rotatable bonds is 2. The van der Waals surface area contributed by atoms with Crippen LogP contribution in [0.3, 0.4) is 0 Å². The molecule has 1 saturated carbocycles. The molecule has 2 aromatic rings. The summed E-state index contributed by atoms with van der Waals surface area (Å²) in [6, 6.07) is 6.54. The lowest BCUT2D eigenvalue weighted by molar-refractivity contribution is 0.209. The van der Waals surface area contributed by atoms with Crippen molar-refractivity contribution in [2.45, 2.75) is 32.3 Å². The maximum Gasteiger partial charge on any atom is 0.123 e. The van der Waals surface area contributed by atoms with Crippen molar-refractivity contribution in [2.75, 3.05) is 6.61 Å². The van der Waals surface area contributed by atoms with Crippen LogP contribution in [0, 0.1) is 17.2 Å². The topological polar surface area (TPSA) is 30.4 Å². The molecule has 0 radical (unpaired) electrons. The van der Waals surface area contributed by atoms with Gasteiger partial charge in [0.15, 0.2) is 0 Å². The molecule has 3 atom stereocenters. The van der Waals surface area contributed by atoms with Crippen LogP contribution in [-0.4, -0.2) is 22.5 Å². The zero-order chi connectivity index (χ0) is 15.6. The molecule has 2 heterocycles. The molecule has 2 aliphatic carbocycles. The highest BCUT2D eigenvalue weighted by atomic mass is 19.1.